The van der Waals surface area contributed by atoms with Gasteiger partial charge >= 0.3 is 5.97 Å². The minimum absolute atomic E-state index is 0.141. The molecular formula is C13H12ClNO3. The van der Waals surface area contributed by atoms with E-state index in [9.17, 15) is 4.79 Å². The highest BCUT2D eigenvalue weighted by Crippen LogP contribution is 2.31. The van der Waals surface area contributed by atoms with Crippen LogP contribution in [-0.4, -0.2) is 17.6 Å². The molecule has 1 aromatic heterocycles. The monoisotopic (exact) mass is 265 g/mol. The van der Waals surface area contributed by atoms with Crippen LogP contribution in [0.15, 0.2) is 29.0 Å². The molecule has 1 heterocycles. The molecule has 94 valence electrons. The molecule has 0 saturated carbocycles. The number of oxazole rings is 1. The number of ether oxygens (including phenoxy) is 1. The van der Waals surface area contributed by atoms with E-state index in [4.69, 9.17) is 20.8 Å². The van der Waals surface area contributed by atoms with Crippen LogP contribution in [0.4, 0.5) is 0 Å². The third-order valence-electron chi connectivity index (χ3n) is 2.41. The van der Waals surface area contributed by atoms with Gasteiger partial charge in [0.15, 0.2) is 17.8 Å². The zero-order valence-corrected chi connectivity index (χ0v) is 10.8. The summed E-state index contributed by atoms with van der Waals surface area (Å²) in [7, 11) is 0. The second-order valence-electron chi connectivity index (χ2n) is 3.73. The van der Waals surface area contributed by atoms with Crippen molar-refractivity contribution in [1.29, 1.82) is 0 Å². The molecular weight excluding hydrogens is 254 g/mol. The van der Waals surface area contributed by atoms with Crippen LogP contribution >= 0.6 is 11.6 Å². The molecule has 5 heteroatoms. The summed E-state index contributed by atoms with van der Waals surface area (Å²) in [5.74, 6) is -0.184. The lowest BCUT2D eigenvalue weighted by Crippen LogP contribution is -2.06. The van der Waals surface area contributed by atoms with Gasteiger partial charge in [-0.2, -0.15) is 0 Å². The molecule has 0 N–H and O–H groups in total. The summed E-state index contributed by atoms with van der Waals surface area (Å²) >= 11 is 6.13. The number of halogens is 1. The Morgan fingerprint density at radius 3 is 2.94 bits per heavy atom. The van der Waals surface area contributed by atoms with Gasteiger partial charge in [-0.3, -0.25) is 0 Å². The molecule has 0 aliphatic heterocycles. The number of hydrogen-bond acceptors (Lipinski definition) is 4. The van der Waals surface area contributed by atoms with Crippen molar-refractivity contribution in [2.45, 2.75) is 13.8 Å². The number of benzene rings is 1. The van der Waals surface area contributed by atoms with E-state index < -0.39 is 5.97 Å². The minimum Gasteiger partial charge on any atom is -0.461 e. The second kappa shape index (κ2) is 5.23. The topological polar surface area (TPSA) is 52.3 Å². The van der Waals surface area contributed by atoms with Crippen LogP contribution < -0.4 is 0 Å². The van der Waals surface area contributed by atoms with Gasteiger partial charge in [0.25, 0.3) is 0 Å². The molecule has 2 rings (SSSR count). The normalized spacial score (nSPS) is 10.4. The van der Waals surface area contributed by atoms with Crippen LogP contribution in [0.2, 0.25) is 5.02 Å². The highest BCUT2D eigenvalue weighted by molar-refractivity contribution is 6.33. The fourth-order valence-corrected chi connectivity index (χ4v) is 1.91. The number of aryl methyl sites for hydroxylation is 1. The lowest BCUT2D eigenvalue weighted by molar-refractivity contribution is 0.0520. The average molecular weight is 266 g/mol. The summed E-state index contributed by atoms with van der Waals surface area (Å²) in [6.07, 6.45) is 1.21. The van der Waals surface area contributed by atoms with Gasteiger partial charge in [0.1, 0.15) is 0 Å². The molecule has 0 bridgehead atoms. The molecule has 0 aliphatic carbocycles. The summed E-state index contributed by atoms with van der Waals surface area (Å²) in [4.78, 5) is 15.6. The number of aromatic nitrogens is 1. The van der Waals surface area contributed by atoms with Crippen molar-refractivity contribution in [1.82, 2.24) is 4.98 Å². The van der Waals surface area contributed by atoms with Gasteiger partial charge in [0, 0.05) is 5.56 Å². The largest absolute Gasteiger partial charge is 0.461 e. The van der Waals surface area contributed by atoms with E-state index in [1.54, 1.807) is 19.1 Å². The van der Waals surface area contributed by atoms with Crippen molar-refractivity contribution in [3.05, 3.63) is 40.9 Å². The molecule has 18 heavy (non-hydrogen) atoms. The summed E-state index contributed by atoms with van der Waals surface area (Å²) in [6, 6.07) is 5.48. The van der Waals surface area contributed by atoms with Crippen molar-refractivity contribution < 1.29 is 13.9 Å². The Labute approximate surface area is 110 Å². The van der Waals surface area contributed by atoms with Crippen molar-refractivity contribution in [2.75, 3.05) is 6.61 Å². The molecule has 0 spiro atoms. The predicted octanol–water partition coefficient (Wildman–Crippen LogP) is 3.48. The first-order valence-electron chi connectivity index (χ1n) is 5.50. The van der Waals surface area contributed by atoms with Gasteiger partial charge in [-0.25, -0.2) is 9.78 Å². The average Bonchev–Trinajstić information content (AvgIpc) is 2.78. The van der Waals surface area contributed by atoms with Gasteiger partial charge < -0.3 is 9.15 Å². The van der Waals surface area contributed by atoms with Gasteiger partial charge in [0.05, 0.1) is 11.6 Å². The molecule has 0 amide bonds. The highest BCUT2D eigenvalue weighted by atomic mass is 35.5. The van der Waals surface area contributed by atoms with E-state index >= 15 is 0 Å². The first-order chi connectivity index (χ1) is 8.63. The van der Waals surface area contributed by atoms with E-state index in [2.05, 4.69) is 4.98 Å². The molecule has 2 aromatic rings. The van der Waals surface area contributed by atoms with E-state index in [0.717, 1.165) is 5.56 Å². The Balaban J connectivity index is 2.45. The molecule has 0 radical (unpaired) electrons. The summed E-state index contributed by atoms with van der Waals surface area (Å²) in [5.41, 5.74) is 1.80. The van der Waals surface area contributed by atoms with Gasteiger partial charge in [0.2, 0.25) is 0 Å². The van der Waals surface area contributed by atoms with Crippen molar-refractivity contribution in [3.8, 4) is 11.3 Å². The van der Waals surface area contributed by atoms with Crippen LogP contribution in [0, 0.1) is 6.92 Å². The van der Waals surface area contributed by atoms with Crippen molar-refractivity contribution >= 4 is 17.6 Å². The Morgan fingerprint density at radius 1 is 1.50 bits per heavy atom. The third kappa shape index (κ3) is 2.38. The van der Waals surface area contributed by atoms with Crippen LogP contribution in [0.1, 0.15) is 23.0 Å². The highest BCUT2D eigenvalue weighted by Gasteiger charge is 2.20. The van der Waals surface area contributed by atoms with Crippen LogP contribution in [0.3, 0.4) is 0 Å². The lowest BCUT2D eigenvalue weighted by atomic mass is 10.1. The van der Waals surface area contributed by atoms with Gasteiger partial charge in [-0.15, -0.1) is 0 Å². The Bertz CT molecular complexity index is 577. The minimum atomic E-state index is -0.516. The van der Waals surface area contributed by atoms with Crippen LogP contribution in [-0.2, 0) is 4.74 Å². The number of hydrogen-bond donors (Lipinski definition) is 0. The van der Waals surface area contributed by atoms with Gasteiger partial charge in [-0.1, -0.05) is 17.7 Å². The van der Waals surface area contributed by atoms with E-state index in [1.807, 2.05) is 13.0 Å². The molecule has 1 aromatic carbocycles. The standard InChI is InChI=1S/C13H12ClNO3/c1-3-17-13(16)11-12(18-7-15-11)9-5-4-8(2)6-10(9)14/h4-7H,3H2,1-2H3. The molecule has 4 nitrogen and oxygen atoms in total. The summed E-state index contributed by atoms with van der Waals surface area (Å²) in [5, 5.41) is 0.511. The maximum atomic E-state index is 11.7. The van der Waals surface area contributed by atoms with E-state index in [0.29, 0.717) is 16.3 Å². The fourth-order valence-electron chi connectivity index (χ4n) is 1.59. The van der Waals surface area contributed by atoms with E-state index in [-0.39, 0.29) is 12.3 Å². The lowest BCUT2D eigenvalue weighted by Gasteiger charge is -2.04. The zero-order chi connectivity index (χ0) is 13.1. The van der Waals surface area contributed by atoms with E-state index in [1.165, 1.54) is 6.39 Å². The first-order valence-corrected chi connectivity index (χ1v) is 5.88. The van der Waals surface area contributed by atoms with Gasteiger partial charge in [-0.05, 0) is 31.5 Å². The predicted molar refractivity (Wildman–Crippen MR) is 67.6 cm³/mol. The fraction of sp³-hybridized carbons (Fsp3) is 0.231. The number of carbonyl (C=O) groups excluding carboxylic acids is 1. The maximum absolute atomic E-state index is 11.7. The summed E-state index contributed by atoms with van der Waals surface area (Å²) < 4.78 is 10.1. The number of carbonyl (C=O) groups is 1. The Morgan fingerprint density at radius 2 is 2.28 bits per heavy atom. The van der Waals surface area contributed by atoms with Crippen molar-refractivity contribution in [3.63, 3.8) is 0 Å². The number of rotatable bonds is 3. The van der Waals surface area contributed by atoms with Crippen molar-refractivity contribution in [2.24, 2.45) is 0 Å². The first kappa shape index (κ1) is 12.6. The molecule has 0 atom stereocenters. The maximum Gasteiger partial charge on any atom is 0.360 e. The Kier molecular flexibility index (Phi) is 3.67. The second-order valence-corrected chi connectivity index (χ2v) is 4.14. The molecule has 0 unspecified atom stereocenters. The smallest absolute Gasteiger partial charge is 0.360 e. The van der Waals surface area contributed by atoms with Crippen LogP contribution in [0.5, 0.6) is 0 Å². The quantitative estimate of drug-likeness (QED) is 0.797. The van der Waals surface area contributed by atoms with Crippen LogP contribution in [0.25, 0.3) is 11.3 Å². The number of nitrogens with zero attached hydrogens (tertiary/aromatic N) is 1. The third-order valence-corrected chi connectivity index (χ3v) is 2.72. The zero-order valence-electron chi connectivity index (χ0n) is 10.1. The molecule has 0 aliphatic rings. The summed E-state index contributed by atoms with van der Waals surface area (Å²) in [6.45, 7) is 3.95. The molecule has 0 fully saturated rings. The Hall–Kier alpha value is -1.81. The SMILES string of the molecule is CCOC(=O)c1ncoc1-c1ccc(C)cc1Cl. The number of esters is 1. The molecule has 0 saturated heterocycles.